The highest BCUT2D eigenvalue weighted by Gasteiger charge is 2.59. The topological polar surface area (TPSA) is 131 Å². The number of phenolic OH excluding ortho intramolecular Hbond substituents is 1. The number of likely N-dealkylation sites (N-methyl/N-ethyl adjacent to an activating group) is 2. The predicted octanol–water partition coefficient (Wildman–Crippen LogP) is 5.70. The zero-order chi connectivity index (χ0) is 36.7. The number of unbranched alkanes of at least 4 members (excludes halogenated alkanes) is 1. The average Bonchev–Trinajstić information content (AvgIpc) is 3.95. The van der Waals surface area contributed by atoms with Crippen molar-refractivity contribution in [1.82, 2.24) is 16.0 Å². The van der Waals surface area contributed by atoms with Crippen molar-refractivity contribution in [1.29, 1.82) is 0 Å². The quantitative estimate of drug-likeness (QED) is 0.0799. The van der Waals surface area contributed by atoms with Gasteiger partial charge in [-0.3, -0.25) is 5.32 Å². The third-order valence-electron chi connectivity index (χ3n) is 12.8. The number of phenols is 1. The average molecular weight is 720 g/mol. The number of aliphatic hydroxyl groups excluding tert-OH is 2. The van der Waals surface area contributed by atoms with Crippen LogP contribution in [0.15, 0.2) is 46.6 Å². The molecule has 0 radical (unpaired) electrons. The molecule has 1 spiro atoms. The van der Waals surface area contributed by atoms with E-state index in [1.54, 1.807) is 6.07 Å². The van der Waals surface area contributed by atoms with Gasteiger partial charge in [0.05, 0.1) is 18.1 Å². The lowest BCUT2D eigenvalue weighted by Crippen LogP contribution is -2.50. The summed E-state index contributed by atoms with van der Waals surface area (Å²) < 4.78 is 11.3. The first kappa shape index (κ1) is 39.2. The van der Waals surface area contributed by atoms with Crippen molar-refractivity contribution >= 4 is 5.71 Å². The zero-order valence-electron chi connectivity index (χ0n) is 32.3. The van der Waals surface area contributed by atoms with E-state index >= 15 is 0 Å². The van der Waals surface area contributed by atoms with E-state index in [0.29, 0.717) is 36.2 Å². The SMILES string of the molecule is CCCCC1[OH+][C-](CCc2ccc(O)c(OCC(NCC)C3=C[C+]4C(=N3)CC3(CCCC3)C3CCCC3C4C(CNC)NCC(C)O)c2)C=C1CO. The number of aliphatic imine (C=N–C) groups is 1. The number of nitrogens with zero attached hydrogens (tertiary/aromatic N) is 1. The Morgan fingerprint density at radius 3 is 2.69 bits per heavy atom. The summed E-state index contributed by atoms with van der Waals surface area (Å²) in [5.41, 5.74) is 4.74. The van der Waals surface area contributed by atoms with Gasteiger partial charge in [0.15, 0.2) is 23.2 Å². The molecule has 6 rings (SSSR count). The molecule has 9 heteroatoms. The molecule has 5 aliphatic rings. The van der Waals surface area contributed by atoms with Gasteiger partial charge >= 0.3 is 0 Å². The molecular formula is C43H67N4O5+. The number of rotatable bonds is 19. The second-order valence-corrected chi connectivity index (χ2v) is 16.4. The Labute approximate surface area is 313 Å². The van der Waals surface area contributed by atoms with Crippen LogP contribution in [0.1, 0.15) is 103 Å². The molecule has 7 unspecified atom stereocenters. The van der Waals surface area contributed by atoms with Crippen LogP contribution in [0, 0.1) is 35.2 Å². The Kier molecular flexibility index (Phi) is 13.7. The molecule has 0 amide bonds. The monoisotopic (exact) mass is 720 g/mol. The number of ether oxygens (including phenoxy) is 2. The fourth-order valence-corrected chi connectivity index (χ4v) is 10.3. The van der Waals surface area contributed by atoms with Gasteiger partial charge in [-0.25, -0.2) is 0 Å². The minimum Gasteiger partial charge on any atom is -0.504 e. The summed E-state index contributed by atoms with van der Waals surface area (Å²) in [5.74, 6) is 3.68. The van der Waals surface area contributed by atoms with Crippen LogP contribution in [0.5, 0.6) is 11.5 Å². The van der Waals surface area contributed by atoms with Crippen LogP contribution in [-0.4, -0.2) is 90.0 Å². The van der Waals surface area contributed by atoms with Gasteiger partial charge in [0, 0.05) is 38.6 Å². The number of benzene rings is 1. The van der Waals surface area contributed by atoms with Crippen LogP contribution < -0.4 is 20.7 Å². The minimum atomic E-state index is -0.404. The second kappa shape index (κ2) is 18.2. The number of hydrogen-bond acceptors (Lipinski definition) is 8. The predicted molar refractivity (Wildman–Crippen MR) is 209 cm³/mol. The molecule has 0 aromatic heterocycles. The highest BCUT2D eigenvalue weighted by Crippen LogP contribution is 2.61. The molecule has 288 valence electrons. The summed E-state index contributed by atoms with van der Waals surface area (Å²) in [6, 6.07) is 5.74. The second-order valence-electron chi connectivity index (χ2n) is 16.4. The lowest BCUT2D eigenvalue weighted by molar-refractivity contribution is -0.0550. The highest BCUT2D eigenvalue weighted by atomic mass is 16.5. The van der Waals surface area contributed by atoms with Crippen LogP contribution in [0.2, 0.25) is 0 Å². The largest absolute Gasteiger partial charge is 0.504 e. The third-order valence-corrected chi connectivity index (χ3v) is 12.8. The standard InChI is InChI=1S/C43H66N4O5/c1-5-7-13-40-30(26-48)21-31(52-40)16-14-29-15-17-39(50)41(20-29)51-27-38(45-6-2)35-22-33-36(47-35)23-43(18-8-9-19-43)34-12-10-11-32(34)42(33)37(25-44-4)46-24-28(3)49/h15,17,20-22,28,32,34,37-38,40,42,44-46,48-49,52H,5-14,16,18-19,23-27H2,1-4H3/p+1. The van der Waals surface area contributed by atoms with Crippen molar-refractivity contribution in [3.8, 4) is 11.5 Å². The van der Waals surface area contributed by atoms with Crippen molar-refractivity contribution in [3.63, 3.8) is 0 Å². The molecule has 52 heavy (non-hydrogen) atoms. The molecular weight excluding hydrogens is 652 g/mol. The number of hydrogen-bond donors (Lipinski definition) is 6. The van der Waals surface area contributed by atoms with Gasteiger partial charge in [0.1, 0.15) is 30.4 Å². The summed E-state index contributed by atoms with van der Waals surface area (Å²) in [7, 11) is 2.04. The number of fused-ring (bicyclic) bond motifs is 3. The summed E-state index contributed by atoms with van der Waals surface area (Å²) in [4.78, 5) is 5.49. The molecule has 3 fully saturated rings. The molecule has 2 aliphatic heterocycles. The molecule has 7 N–H and O–H groups in total. The molecule has 0 bridgehead atoms. The maximum absolute atomic E-state index is 10.9. The number of allylic oxidation sites excluding steroid dienone is 1. The van der Waals surface area contributed by atoms with Gasteiger partial charge in [-0.1, -0.05) is 45.6 Å². The zero-order valence-corrected chi connectivity index (χ0v) is 32.3. The van der Waals surface area contributed by atoms with Crippen LogP contribution in [0.25, 0.3) is 0 Å². The lowest BCUT2D eigenvalue weighted by atomic mass is 9.65. The van der Waals surface area contributed by atoms with Crippen LogP contribution >= 0.6 is 0 Å². The Balaban J connectivity index is 1.19. The van der Waals surface area contributed by atoms with Crippen LogP contribution in [0.3, 0.4) is 0 Å². The number of aromatic hydroxyl groups is 1. The van der Waals surface area contributed by atoms with Crippen LogP contribution in [0.4, 0.5) is 0 Å². The van der Waals surface area contributed by atoms with Gasteiger partial charge in [-0.05, 0) is 100 Å². The fraction of sp³-hybridized carbons (Fsp3) is 0.698. The van der Waals surface area contributed by atoms with E-state index < -0.39 is 6.10 Å². The fourth-order valence-electron chi connectivity index (χ4n) is 10.3. The molecule has 9 nitrogen and oxygen atoms in total. The number of nitrogens with one attached hydrogen (secondary N) is 3. The summed E-state index contributed by atoms with van der Waals surface area (Å²) in [6.07, 6.45) is 20.2. The summed E-state index contributed by atoms with van der Waals surface area (Å²) >= 11 is 0. The van der Waals surface area contributed by atoms with E-state index in [9.17, 15) is 15.3 Å². The maximum Gasteiger partial charge on any atom is 0.196 e. The first-order valence-corrected chi connectivity index (χ1v) is 20.6. The molecule has 1 aromatic rings. The van der Waals surface area contributed by atoms with Gasteiger partial charge < -0.3 is 35.4 Å². The smallest absolute Gasteiger partial charge is 0.196 e. The van der Waals surface area contributed by atoms with E-state index in [4.69, 9.17) is 14.5 Å². The Morgan fingerprint density at radius 2 is 1.96 bits per heavy atom. The molecule has 7 atom stereocenters. The minimum absolute atomic E-state index is 0.0613. The van der Waals surface area contributed by atoms with E-state index in [1.165, 1.54) is 56.6 Å². The first-order chi connectivity index (χ1) is 25.3. The van der Waals surface area contributed by atoms with E-state index in [0.717, 1.165) is 80.5 Å². The summed E-state index contributed by atoms with van der Waals surface area (Å²) in [5, 5.41) is 41.9. The van der Waals surface area contributed by atoms with Crippen molar-refractivity contribution < 1.29 is 24.8 Å². The summed E-state index contributed by atoms with van der Waals surface area (Å²) in [6.45, 7) is 8.78. The van der Waals surface area contributed by atoms with Crippen molar-refractivity contribution in [2.24, 2.45) is 28.2 Å². The molecule has 1 aromatic carbocycles. The van der Waals surface area contributed by atoms with Crippen molar-refractivity contribution in [2.75, 3.05) is 39.9 Å². The van der Waals surface area contributed by atoms with Crippen LogP contribution in [-0.2, 0) is 6.42 Å². The normalized spacial score (nSPS) is 26.8. The van der Waals surface area contributed by atoms with Gasteiger partial charge in [0.25, 0.3) is 0 Å². The molecule has 3 aliphatic carbocycles. The Bertz CT molecular complexity index is 1400. The molecule has 3 saturated carbocycles. The third kappa shape index (κ3) is 8.88. The van der Waals surface area contributed by atoms with Gasteiger partial charge in [0.2, 0.25) is 0 Å². The Morgan fingerprint density at radius 1 is 1.13 bits per heavy atom. The van der Waals surface area contributed by atoms with Crippen molar-refractivity contribution in [3.05, 3.63) is 59.2 Å². The highest BCUT2D eigenvalue weighted by molar-refractivity contribution is 6.03. The number of aliphatic hydroxyl groups is 4. The van der Waals surface area contributed by atoms with E-state index in [-0.39, 0.29) is 30.5 Å². The van der Waals surface area contributed by atoms with Crippen molar-refractivity contribution in [2.45, 2.75) is 129 Å². The van der Waals surface area contributed by atoms with Gasteiger partial charge in [-0.2, -0.15) is 0 Å². The Hall–Kier alpha value is -2.53. The maximum atomic E-state index is 10.9. The molecule has 0 saturated heterocycles. The first-order valence-electron chi connectivity index (χ1n) is 20.6. The van der Waals surface area contributed by atoms with E-state index in [2.05, 4.69) is 41.9 Å². The molecule has 2 heterocycles. The lowest BCUT2D eigenvalue weighted by Gasteiger charge is -2.39. The number of aryl methyl sites for hydroxylation is 1. The van der Waals surface area contributed by atoms with E-state index in [1.807, 2.05) is 26.1 Å². The van der Waals surface area contributed by atoms with Gasteiger partial charge in [-0.15, -0.1) is 16.6 Å².